The van der Waals surface area contributed by atoms with Crippen LogP contribution < -0.4 is 4.90 Å². The maximum Gasteiger partial charge on any atom is 0.156 e. The molecule has 2 rings (SSSR count). The highest BCUT2D eigenvalue weighted by atomic mass is 16.1. The average molecular weight is 269 g/mol. The van der Waals surface area contributed by atoms with Gasteiger partial charge >= 0.3 is 0 Å². The van der Waals surface area contributed by atoms with Gasteiger partial charge in [-0.15, -0.1) is 0 Å². The average Bonchev–Trinajstić information content (AvgIpc) is 2.34. The van der Waals surface area contributed by atoms with Gasteiger partial charge in [0.15, 0.2) is 5.78 Å². The van der Waals surface area contributed by atoms with Crippen molar-refractivity contribution >= 4 is 17.5 Å². The van der Waals surface area contributed by atoms with Crippen LogP contribution in [0.25, 0.3) is 6.08 Å². The molecule has 0 saturated heterocycles. The van der Waals surface area contributed by atoms with Crippen LogP contribution in [0.15, 0.2) is 42.0 Å². The summed E-state index contributed by atoms with van der Waals surface area (Å²) in [5.74, 6) is 0.240. The highest BCUT2D eigenvalue weighted by molar-refractivity contribution is 5.92. The Labute approximate surface area is 121 Å². The van der Waals surface area contributed by atoms with Crippen LogP contribution in [0.2, 0.25) is 0 Å². The molecule has 1 aliphatic carbocycles. The van der Waals surface area contributed by atoms with Crippen LogP contribution >= 0.6 is 0 Å². The Morgan fingerprint density at radius 2 is 1.70 bits per heavy atom. The Kier molecular flexibility index (Phi) is 4.12. The van der Waals surface area contributed by atoms with Crippen LogP contribution in [0.4, 0.5) is 5.69 Å². The predicted molar refractivity (Wildman–Crippen MR) is 85.9 cm³/mol. The van der Waals surface area contributed by atoms with Crippen molar-refractivity contribution in [3.05, 3.63) is 47.6 Å². The van der Waals surface area contributed by atoms with E-state index in [1.807, 2.05) is 14.1 Å². The lowest BCUT2D eigenvalue weighted by Crippen LogP contribution is -2.21. The minimum atomic E-state index is 0.0836. The van der Waals surface area contributed by atoms with E-state index >= 15 is 0 Å². The molecule has 0 bridgehead atoms. The second kappa shape index (κ2) is 5.66. The first-order chi connectivity index (χ1) is 9.35. The van der Waals surface area contributed by atoms with Crippen molar-refractivity contribution in [2.75, 3.05) is 19.0 Å². The van der Waals surface area contributed by atoms with Gasteiger partial charge in [-0.3, -0.25) is 4.79 Å². The fraction of sp³-hybridized carbons (Fsp3) is 0.389. The van der Waals surface area contributed by atoms with Gasteiger partial charge in [-0.1, -0.05) is 38.1 Å². The van der Waals surface area contributed by atoms with E-state index in [1.54, 1.807) is 6.08 Å². The minimum absolute atomic E-state index is 0.0836. The van der Waals surface area contributed by atoms with Gasteiger partial charge in [0.05, 0.1) is 0 Å². The second-order valence-corrected chi connectivity index (χ2v) is 6.52. The van der Waals surface area contributed by atoms with Crippen molar-refractivity contribution in [3.63, 3.8) is 0 Å². The molecule has 106 valence electrons. The molecule has 0 radical (unpaired) electrons. The molecular weight excluding hydrogens is 246 g/mol. The van der Waals surface area contributed by atoms with Gasteiger partial charge in [-0.05, 0) is 41.2 Å². The quantitative estimate of drug-likeness (QED) is 0.824. The van der Waals surface area contributed by atoms with Crippen LogP contribution in [0.3, 0.4) is 0 Å². The molecule has 1 aliphatic rings. The normalized spacial score (nSPS) is 18.2. The van der Waals surface area contributed by atoms with Gasteiger partial charge in [-0.25, -0.2) is 0 Å². The van der Waals surface area contributed by atoms with Crippen LogP contribution in [0.5, 0.6) is 0 Å². The first kappa shape index (κ1) is 14.6. The third kappa shape index (κ3) is 3.83. The Morgan fingerprint density at radius 3 is 2.25 bits per heavy atom. The summed E-state index contributed by atoms with van der Waals surface area (Å²) in [6.07, 6.45) is 7.56. The van der Waals surface area contributed by atoms with Crippen molar-refractivity contribution in [3.8, 4) is 0 Å². The third-order valence-electron chi connectivity index (χ3n) is 3.58. The molecule has 0 amide bonds. The van der Waals surface area contributed by atoms with E-state index in [1.165, 1.54) is 5.69 Å². The first-order valence-corrected chi connectivity index (χ1v) is 7.05. The first-order valence-electron chi connectivity index (χ1n) is 7.05. The topological polar surface area (TPSA) is 20.3 Å². The van der Waals surface area contributed by atoms with E-state index < -0.39 is 0 Å². The van der Waals surface area contributed by atoms with E-state index in [2.05, 4.69) is 55.2 Å². The molecule has 0 fully saturated rings. The monoisotopic (exact) mass is 269 g/mol. The smallest absolute Gasteiger partial charge is 0.156 e. The maximum atomic E-state index is 11.7. The van der Waals surface area contributed by atoms with Gasteiger partial charge < -0.3 is 4.90 Å². The molecule has 1 aromatic carbocycles. The molecule has 1 aromatic rings. The number of hydrogen-bond donors (Lipinski definition) is 0. The molecule has 0 aliphatic heterocycles. The summed E-state index contributed by atoms with van der Waals surface area (Å²) in [6, 6.07) is 8.40. The number of carbonyl (C=O) groups excluding carboxylic acids is 1. The Bertz CT molecular complexity index is 547. The van der Waals surface area contributed by atoms with Crippen LogP contribution in [-0.2, 0) is 4.79 Å². The summed E-state index contributed by atoms with van der Waals surface area (Å²) < 4.78 is 0. The van der Waals surface area contributed by atoms with Crippen LogP contribution in [0.1, 0.15) is 32.3 Å². The van der Waals surface area contributed by atoms with Crippen molar-refractivity contribution in [2.24, 2.45) is 5.41 Å². The molecule has 0 atom stereocenters. The van der Waals surface area contributed by atoms with Crippen molar-refractivity contribution in [1.29, 1.82) is 0 Å². The van der Waals surface area contributed by atoms with E-state index in [0.29, 0.717) is 6.42 Å². The lowest BCUT2D eigenvalue weighted by molar-refractivity contribution is -0.116. The molecular formula is C18H23NO. The van der Waals surface area contributed by atoms with E-state index in [4.69, 9.17) is 0 Å². The molecule has 2 heteroatoms. The van der Waals surface area contributed by atoms with Gasteiger partial charge in [0.2, 0.25) is 0 Å². The van der Waals surface area contributed by atoms with E-state index in [9.17, 15) is 4.79 Å². The molecule has 0 aromatic heterocycles. The lowest BCUT2D eigenvalue weighted by Gasteiger charge is -2.27. The summed E-state index contributed by atoms with van der Waals surface area (Å²) >= 11 is 0. The number of hydrogen-bond acceptors (Lipinski definition) is 2. The van der Waals surface area contributed by atoms with Gasteiger partial charge in [0, 0.05) is 26.2 Å². The number of benzene rings is 1. The number of allylic oxidation sites excluding steroid dienone is 3. The third-order valence-corrected chi connectivity index (χ3v) is 3.58. The van der Waals surface area contributed by atoms with Gasteiger partial charge in [-0.2, -0.15) is 0 Å². The van der Waals surface area contributed by atoms with Crippen molar-refractivity contribution < 1.29 is 4.79 Å². The van der Waals surface area contributed by atoms with Crippen molar-refractivity contribution in [2.45, 2.75) is 26.7 Å². The zero-order chi connectivity index (χ0) is 14.8. The van der Waals surface area contributed by atoms with Gasteiger partial charge in [0.25, 0.3) is 0 Å². The molecule has 0 unspecified atom stereocenters. The fourth-order valence-electron chi connectivity index (χ4n) is 2.59. The molecule has 0 heterocycles. The Hall–Kier alpha value is -1.83. The van der Waals surface area contributed by atoms with E-state index in [-0.39, 0.29) is 11.2 Å². The van der Waals surface area contributed by atoms with Crippen LogP contribution in [-0.4, -0.2) is 19.9 Å². The standard InChI is InChI=1S/C18H23NO/c1-18(2)12-15(11-17(20)13-18)6-5-14-7-9-16(10-8-14)19(3)4/h5-11H,12-13H2,1-4H3. The maximum absolute atomic E-state index is 11.7. The number of ketones is 1. The largest absolute Gasteiger partial charge is 0.378 e. The Balaban J connectivity index is 2.11. The summed E-state index contributed by atoms with van der Waals surface area (Å²) in [5, 5.41) is 0. The minimum Gasteiger partial charge on any atom is -0.378 e. The fourth-order valence-corrected chi connectivity index (χ4v) is 2.59. The van der Waals surface area contributed by atoms with Gasteiger partial charge in [0.1, 0.15) is 0 Å². The number of nitrogens with zero attached hydrogens (tertiary/aromatic N) is 1. The highest BCUT2D eigenvalue weighted by Gasteiger charge is 2.26. The van der Waals surface area contributed by atoms with E-state index in [0.717, 1.165) is 17.6 Å². The number of anilines is 1. The molecule has 0 N–H and O–H groups in total. The highest BCUT2D eigenvalue weighted by Crippen LogP contribution is 2.34. The summed E-state index contributed by atoms with van der Waals surface area (Å²) in [7, 11) is 4.07. The predicted octanol–water partition coefficient (Wildman–Crippen LogP) is 4.08. The molecule has 0 saturated carbocycles. The second-order valence-electron chi connectivity index (χ2n) is 6.52. The molecule has 2 nitrogen and oxygen atoms in total. The van der Waals surface area contributed by atoms with Crippen LogP contribution in [0, 0.1) is 5.41 Å². The number of rotatable bonds is 3. The van der Waals surface area contributed by atoms with Crippen molar-refractivity contribution in [1.82, 2.24) is 0 Å². The Morgan fingerprint density at radius 1 is 1.05 bits per heavy atom. The summed E-state index contributed by atoms with van der Waals surface area (Å²) in [4.78, 5) is 13.8. The SMILES string of the molecule is CN(C)c1ccc(C=CC2=CC(=O)CC(C)(C)C2)cc1. The number of carbonyl (C=O) groups is 1. The molecule has 0 spiro atoms. The summed E-state index contributed by atoms with van der Waals surface area (Å²) in [5.41, 5.74) is 3.56. The molecule has 20 heavy (non-hydrogen) atoms. The zero-order valence-electron chi connectivity index (χ0n) is 12.8. The lowest BCUT2D eigenvalue weighted by atomic mass is 9.77. The zero-order valence-corrected chi connectivity index (χ0v) is 12.8. The summed E-state index contributed by atoms with van der Waals surface area (Å²) in [6.45, 7) is 4.30.